The summed E-state index contributed by atoms with van der Waals surface area (Å²) >= 11 is 5.83. The van der Waals surface area contributed by atoms with Crippen molar-refractivity contribution < 1.29 is 0 Å². The summed E-state index contributed by atoms with van der Waals surface area (Å²) in [5.41, 5.74) is 4.61. The largest absolute Gasteiger partial charge is 0.337 e. The van der Waals surface area contributed by atoms with E-state index in [4.69, 9.17) is 11.6 Å². The van der Waals surface area contributed by atoms with Crippen molar-refractivity contribution in [2.45, 2.75) is 20.3 Å². The summed E-state index contributed by atoms with van der Waals surface area (Å²) in [6.45, 7) is 5.78. The Morgan fingerprint density at radius 2 is 2.00 bits per heavy atom. The molecule has 2 aromatic rings. The van der Waals surface area contributed by atoms with Crippen LogP contribution in [0.5, 0.6) is 0 Å². The van der Waals surface area contributed by atoms with Crippen LogP contribution in [0, 0.1) is 13.8 Å². The lowest BCUT2D eigenvalue weighted by Crippen LogP contribution is -2.30. The molecule has 1 aliphatic heterocycles. The topological polar surface area (TPSA) is 41.9 Å². The Morgan fingerprint density at radius 3 is 2.62 bits per heavy atom. The molecule has 0 saturated heterocycles. The molecule has 0 fully saturated rings. The Labute approximate surface area is 129 Å². The summed E-state index contributed by atoms with van der Waals surface area (Å²) in [4.78, 5) is 15.3. The molecule has 21 heavy (non-hydrogen) atoms. The number of aromatic nitrogens is 3. The third kappa shape index (κ3) is 3.05. The minimum atomic E-state index is 0.528. The number of halogens is 1. The monoisotopic (exact) mass is 300 g/mol. The Bertz CT molecular complexity index is 679. The van der Waals surface area contributed by atoms with Gasteiger partial charge < -0.3 is 4.90 Å². The molecule has 0 unspecified atom stereocenters. The lowest BCUT2D eigenvalue weighted by molar-refractivity contribution is 0.790. The SMILES string of the molecule is Cc1cnc(N2CC=C(c3ccc(Cl)nc3)CC2)nc1C. The quantitative estimate of drug-likeness (QED) is 0.797. The van der Waals surface area contributed by atoms with Gasteiger partial charge in [-0.1, -0.05) is 23.7 Å². The highest BCUT2D eigenvalue weighted by Crippen LogP contribution is 2.24. The molecule has 0 saturated carbocycles. The van der Waals surface area contributed by atoms with E-state index in [9.17, 15) is 0 Å². The van der Waals surface area contributed by atoms with Gasteiger partial charge in [0.15, 0.2) is 0 Å². The van der Waals surface area contributed by atoms with Gasteiger partial charge in [-0.2, -0.15) is 0 Å². The second-order valence-electron chi connectivity index (χ2n) is 5.23. The Kier molecular flexibility index (Phi) is 3.88. The van der Waals surface area contributed by atoms with E-state index < -0.39 is 0 Å². The second-order valence-corrected chi connectivity index (χ2v) is 5.62. The third-order valence-electron chi connectivity index (χ3n) is 3.80. The van der Waals surface area contributed by atoms with Crippen LogP contribution in [-0.2, 0) is 0 Å². The summed E-state index contributed by atoms with van der Waals surface area (Å²) in [7, 11) is 0. The van der Waals surface area contributed by atoms with Gasteiger partial charge in [0.25, 0.3) is 0 Å². The van der Waals surface area contributed by atoms with Crippen LogP contribution in [0.25, 0.3) is 5.57 Å². The van der Waals surface area contributed by atoms with Crippen molar-refractivity contribution in [3.63, 3.8) is 0 Å². The molecule has 0 bridgehead atoms. The molecule has 0 N–H and O–H groups in total. The third-order valence-corrected chi connectivity index (χ3v) is 4.03. The van der Waals surface area contributed by atoms with Gasteiger partial charge in [-0.05, 0) is 43.0 Å². The second kappa shape index (κ2) is 5.82. The van der Waals surface area contributed by atoms with Crippen LogP contribution in [-0.4, -0.2) is 28.0 Å². The predicted octanol–water partition coefficient (Wildman–Crippen LogP) is 3.44. The van der Waals surface area contributed by atoms with Crippen LogP contribution in [0.4, 0.5) is 5.95 Å². The molecule has 108 valence electrons. The molecule has 0 aliphatic carbocycles. The molecule has 0 atom stereocenters. The summed E-state index contributed by atoms with van der Waals surface area (Å²) in [5.74, 6) is 0.808. The van der Waals surface area contributed by atoms with E-state index in [2.05, 4.69) is 25.9 Å². The van der Waals surface area contributed by atoms with E-state index in [-0.39, 0.29) is 0 Å². The van der Waals surface area contributed by atoms with Gasteiger partial charge in [0, 0.05) is 31.2 Å². The van der Waals surface area contributed by atoms with Crippen molar-refractivity contribution in [2.75, 3.05) is 18.0 Å². The maximum atomic E-state index is 5.83. The summed E-state index contributed by atoms with van der Waals surface area (Å²) in [6, 6.07) is 3.85. The smallest absolute Gasteiger partial charge is 0.225 e. The Hall–Kier alpha value is -1.94. The highest BCUT2D eigenvalue weighted by Gasteiger charge is 2.16. The van der Waals surface area contributed by atoms with Gasteiger partial charge >= 0.3 is 0 Å². The predicted molar refractivity (Wildman–Crippen MR) is 85.6 cm³/mol. The van der Waals surface area contributed by atoms with E-state index in [0.29, 0.717) is 5.15 Å². The van der Waals surface area contributed by atoms with Crippen LogP contribution in [0.15, 0.2) is 30.6 Å². The lowest BCUT2D eigenvalue weighted by Gasteiger charge is -2.26. The van der Waals surface area contributed by atoms with Crippen LogP contribution in [0.3, 0.4) is 0 Å². The van der Waals surface area contributed by atoms with Gasteiger partial charge in [-0.15, -0.1) is 0 Å². The lowest BCUT2D eigenvalue weighted by atomic mass is 10.0. The first-order valence-corrected chi connectivity index (χ1v) is 7.37. The van der Waals surface area contributed by atoms with Gasteiger partial charge in [0.1, 0.15) is 5.15 Å². The maximum absolute atomic E-state index is 5.83. The van der Waals surface area contributed by atoms with Gasteiger partial charge in [-0.25, -0.2) is 15.0 Å². The van der Waals surface area contributed by atoms with E-state index >= 15 is 0 Å². The average molecular weight is 301 g/mol. The number of aryl methyl sites for hydroxylation is 2. The van der Waals surface area contributed by atoms with E-state index in [0.717, 1.165) is 42.3 Å². The van der Waals surface area contributed by atoms with Crippen LogP contribution in [0.2, 0.25) is 5.15 Å². The molecule has 4 nitrogen and oxygen atoms in total. The summed E-state index contributed by atoms with van der Waals surface area (Å²) < 4.78 is 0. The van der Waals surface area contributed by atoms with Crippen LogP contribution < -0.4 is 4.90 Å². The molecule has 2 aromatic heterocycles. The first-order chi connectivity index (χ1) is 10.1. The zero-order valence-electron chi connectivity index (χ0n) is 12.2. The van der Waals surface area contributed by atoms with Gasteiger partial charge in [0.2, 0.25) is 5.95 Å². The molecule has 0 radical (unpaired) electrons. The first kappa shape index (κ1) is 14.0. The molecule has 1 aliphatic rings. The van der Waals surface area contributed by atoms with Crippen molar-refractivity contribution in [1.29, 1.82) is 0 Å². The molecule has 3 rings (SSSR count). The average Bonchev–Trinajstić information content (AvgIpc) is 2.51. The first-order valence-electron chi connectivity index (χ1n) is 6.99. The fourth-order valence-electron chi connectivity index (χ4n) is 2.35. The molecular weight excluding hydrogens is 284 g/mol. The van der Waals surface area contributed by atoms with Gasteiger partial charge in [0.05, 0.1) is 0 Å². The number of anilines is 1. The van der Waals surface area contributed by atoms with E-state index in [1.807, 2.05) is 38.4 Å². The van der Waals surface area contributed by atoms with E-state index in [1.165, 1.54) is 5.57 Å². The fourth-order valence-corrected chi connectivity index (χ4v) is 2.46. The van der Waals surface area contributed by atoms with Crippen molar-refractivity contribution in [1.82, 2.24) is 15.0 Å². The van der Waals surface area contributed by atoms with Crippen molar-refractivity contribution in [3.8, 4) is 0 Å². The molecule has 0 aromatic carbocycles. The number of nitrogens with zero attached hydrogens (tertiary/aromatic N) is 4. The van der Waals surface area contributed by atoms with Crippen LogP contribution >= 0.6 is 11.6 Å². The minimum absolute atomic E-state index is 0.528. The number of hydrogen-bond acceptors (Lipinski definition) is 4. The highest BCUT2D eigenvalue weighted by atomic mass is 35.5. The van der Waals surface area contributed by atoms with Gasteiger partial charge in [-0.3, -0.25) is 0 Å². The fraction of sp³-hybridized carbons (Fsp3) is 0.312. The molecule has 0 spiro atoms. The standard InChI is InChI=1S/C16H17ClN4/c1-11-9-19-16(20-12(11)2)21-7-5-13(6-8-21)14-3-4-15(17)18-10-14/h3-5,9-10H,6-8H2,1-2H3. The molecular formula is C16H17ClN4. The summed E-state index contributed by atoms with van der Waals surface area (Å²) in [6.07, 6.45) is 6.89. The normalized spacial score (nSPS) is 15.0. The number of pyridine rings is 1. The number of rotatable bonds is 2. The highest BCUT2D eigenvalue weighted by molar-refractivity contribution is 6.29. The molecule has 0 amide bonds. The van der Waals surface area contributed by atoms with Crippen molar-refractivity contribution >= 4 is 23.1 Å². The van der Waals surface area contributed by atoms with Crippen molar-refractivity contribution in [2.24, 2.45) is 0 Å². The zero-order valence-corrected chi connectivity index (χ0v) is 12.9. The maximum Gasteiger partial charge on any atom is 0.225 e. The Balaban J connectivity index is 1.76. The Morgan fingerprint density at radius 1 is 1.14 bits per heavy atom. The molecule has 5 heteroatoms. The van der Waals surface area contributed by atoms with E-state index in [1.54, 1.807) is 0 Å². The molecule has 3 heterocycles. The zero-order chi connectivity index (χ0) is 14.8. The summed E-state index contributed by atoms with van der Waals surface area (Å²) in [5, 5.41) is 0.528. The number of hydrogen-bond donors (Lipinski definition) is 0. The van der Waals surface area contributed by atoms with Crippen LogP contribution in [0.1, 0.15) is 23.2 Å². The minimum Gasteiger partial charge on any atom is -0.337 e. The van der Waals surface area contributed by atoms with Crippen molar-refractivity contribution in [3.05, 3.63) is 52.6 Å².